The monoisotopic (exact) mass is 183 g/mol. The van der Waals surface area contributed by atoms with Crippen molar-refractivity contribution in [3.8, 4) is 0 Å². The Hall–Kier alpha value is -0.0400. The molecule has 0 spiro atoms. The molecule has 0 aromatic rings. The molecule has 0 bridgehead atoms. The average Bonchev–Trinajstić information content (AvgIpc) is 2.13. The molecule has 78 valence electrons. The molecule has 1 aliphatic carbocycles. The molecule has 0 saturated heterocycles. The van der Waals surface area contributed by atoms with E-state index in [4.69, 9.17) is 0 Å². The Morgan fingerprint density at radius 3 is 2.08 bits per heavy atom. The molecule has 0 amide bonds. The third-order valence-corrected chi connectivity index (χ3v) is 3.90. The fourth-order valence-electron chi connectivity index (χ4n) is 2.59. The van der Waals surface area contributed by atoms with E-state index in [9.17, 15) is 0 Å². The first-order chi connectivity index (χ1) is 6.19. The molecule has 1 fully saturated rings. The lowest BCUT2D eigenvalue weighted by atomic mass is 9.78. The molecule has 1 nitrogen and oxygen atoms in total. The van der Waals surface area contributed by atoms with Gasteiger partial charge in [0.25, 0.3) is 0 Å². The molecule has 1 saturated carbocycles. The van der Waals surface area contributed by atoms with Crippen molar-refractivity contribution >= 4 is 0 Å². The predicted octanol–water partition coefficient (Wildman–Crippen LogP) is 3.15. The first-order valence-electron chi connectivity index (χ1n) is 5.93. The summed E-state index contributed by atoms with van der Waals surface area (Å²) in [6, 6.07) is 0.876. The van der Waals surface area contributed by atoms with Gasteiger partial charge < -0.3 is 4.90 Å². The highest BCUT2D eigenvalue weighted by Crippen LogP contribution is 2.31. The second kappa shape index (κ2) is 4.99. The van der Waals surface area contributed by atoms with Crippen LogP contribution < -0.4 is 0 Å². The molecule has 13 heavy (non-hydrogen) atoms. The van der Waals surface area contributed by atoms with Gasteiger partial charge in [-0.1, -0.05) is 27.7 Å². The van der Waals surface area contributed by atoms with Gasteiger partial charge in [-0.25, -0.2) is 0 Å². The third-order valence-electron chi connectivity index (χ3n) is 3.90. The SMILES string of the molecule is CCN(CC)C1CCC(C)C(C)C1. The van der Waals surface area contributed by atoms with Gasteiger partial charge in [0.05, 0.1) is 0 Å². The number of rotatable bonds is 3. The molecule has 0 radical (unpaired) electrons. The van der Waals surface area contributed by atoms with Crippen LogP contribution in [0.25, 0.3) is 0 Å². The average molecular weight is 183 g/mol. The minimum Gasteiger partial charge on any atom is -0.301 e. The number of hydrogen-bond acceptors (Lipinski definition) is 1. The summed E-state index contributed by atoms with van der Waals surface area (Å²) >= 11 is 0. The predicted molar refractivity (Wildman–Crippen MR) is 58.9 cm³/mol. The molecule has 0 N–H and O–H groups in total. The van der Waals surface area contributed by atoms with Crippen LogP contribution in [0.5, 0.6) is 0 Å². The standard InChI is InChI=1S/C12H25N/c1-5-13(6-2)12-8-7-10(3)11(4)9-12/h10-12H,5-9H2,1-4H3. The molecule has 0 aromatic heterocycles. The van der Waals surface area contributed by atoms with Crippen molar-refractivity contribution < 1.29 is 0 Å². The molecule has 3 atom stereocenters. The molecule has 1 heteroatoms. The zero-order valence-corrected chi connectivity index (χ0v) is 9.71. The highest BCUT2D eigenvalue weighted by molar-refractivity contribution is 4.81. The van der Waals surface area contributed by atoms with Crippen LogP contribution in [0.2, 0.25) is 0 Å². The van der Waals surface area contributed by atoms with Crippen LogP contribution in [0.15, 0.2) is 0 Å². The van der Waals surface area contributed by atoms with Crippen LogP contribution in [0.3, 0.4) is 0 Å². The Labute approximate surface area is 83.5 Å². The molecule has 0 heterocycles. The smallest absolute Gasteiger partial charge is 0.00977 e. The van der Waals surface area contributed by atoms with Crippen LogP contribution in [-0.4, -0.2) is 24.0 Å². The molecule has 1 rings (SSSR count). The van der Waals surface area contributed by atoms with E-state index in [1.165, 1.54) is 32.4 Å². The lowest BCUT2D eigenvalue weighted by Gasteiger charge is -2.38. The van der Waals surface area contributed by atoms with Crippen molar-refractivity contribution in [2.75, 3.05) is 13.1 Å². The van der Waals surface area contributed by atoms with Gasteiger partial charge in [-0.05, 0) is 44.2 Å². The van der Waals surface area contributed by atoms with E-state index in [1.54, 1.807) is 0 Å². The van der Waals surface area contributed by atoms with E-state index in [-0.39, 0.29) is 0 Å². The summed E-state index contributed by atoms with van der Waals surface area (Å²) in [4.78, 5) is 2.63. The maximum Gasteiger partial charge on any atom is 0.00977 e. The van der Waals surface area contributed by atoms with E-state index in [1.807, 2.05) is 0 Å². The van der Waals surface area contributed by atoms with Crippen LogP contribution >= 0.6 is 0 Å². The van der Waals surface area contributed by atoms with Crippen molar-refractivity contribution in [1.29, 1.82) is 0 Å². The molecular weight excluding hydrogens is 158 g/mol. The van der Waals surface area contributed by atoms with E-state index in [0.717, 1.165) is 17.9 Å². The van der Waals surface area contributed by atoms with Gasteiger partial charge in [-0.3, -0.25) is 0 Å². The first-order valence-corrected chi connectivity index (χ1v) is 5.93. The summed E-state index contributed by atoms with van der Waals surface area (Å²) in [7, 11) is 0. The molecular formula is C12H25N. The first kappa shape index (κ1) is 11.0. The van der Waals surface area contributed by atoms with Gasteiger partial charge in [0.2, 0.25) is 0 Å². The van der Waals surface area contributed by atoms with Gasteiger partial charge in [-0.15, -0.1) is 0 Å². The quantitative estimate of drug-likeness (QED) is 0.649. The number of hydrogen-bond donors (Lipinski definition) is 0. The Balaban J connectivity index is 2.44. The summed E-state index contributed by atoms with van der Waals surface area (Å²) in [5.74, 6) is 1.88. The highest BCUT2D eigenvalue weighted by atomic mass is 15.1. The van der Waals surface area contributed by atoms with Crippen molar-refractivity contribution in [3.05, 3.63) is 0 Å². The Morgan fingerprint density at radius 2 is 1.62 bits per heavy atom. The largest absolute Gasteiger partial charge is 0.301 e. The second-order valence-corrected chi connectivity index (χ2v) is 4.64. The fourth-order valence-corrected chi connectivity index (χ4v) is 2.59. The minimum absolute atomic E-state index is 0.876. The summed E-state index contributed by atoms with van der Waals surface area (Å²) < 4.78 is 0. The highest BCUT2D eigenvalue weighted by Gasteiger charge is 2.26. The lowest BCUT2D eigenvalue weighted by molar-refractivity contribution is 0.119. The van der Waals surface area contributed by atoms with E-state index < -0.39 is 0 Å². The van der Waals surface area contributed by atoms with Crippen LogP contribution in [0.1, 0.15) is 47.0 Å². The maximum atomic E-state index is 2.63. The van der Waals surface area contributed by atoms with E-state index >= 15 is 0 Å². The van der Waals surface area contributed by atoms with Crippen molar-refractivity contribution in [2.24, 2.45) is 11.8 Å². The Morgan fingerprint density at radius 1 is 1.00 bits per heavy atom. The summed E-state index contributed by atoms with van der Waals surface area (Å²) in [6.45, 7) is 11.8. The van der Waals surface area contributed by atoms with E-state index in [0.29, 0.717) is 0 Å². The lowest BCUT2D eigenvalue weighted by Crippen LogP contribution is -2.40. The zero-order chi connectivity index (χ0) is 9.84. The topological polar surface area (TPSA) is 3.24 Å². The minimum atomic E-state index is 0.876. The molecule has 1 aliphatic rings. The van der Waals surface area contributed by atoms with Gasteiger partial charge in [-0.2, -0.15) is 0 Å². The van der Waals surface area contributed by atoms with Crippen LogP contribution in [0.4, 0.5) is 0 Å². The third kappa shape index (κ3) is 2.70. The van der Waals surface area contributed by atoms with Crippen molar-refractivity contribution in [2.45, 2.75) is 53.0 Å². The Bertz CT molecular complexity index is 140. The summed E-state index contributed by atoms with van der Waals surface area (Å²) in [5.41, 5.74) is 0. The fraction of sp³-hybridized carbons (Fsp3) is 1.00. The Kier molecular flexibility index (Phi) is 4.24. The van der Waals surface area contributed by atoms with Crippen LogP contribution in [0, 0.1) is 11.8 Å². The summed E-state index contributed by atoms with van der Waals surface area (Å²) in [5, 5.41) is 0. The maximum absolute atomic E-state index is 2.63. The molecule has 0 aliphatic heterocycles. The van der Waals surface area contributed by atoms with Crippen molar-refractivity contribution in [1.82, 2.24) is 4.90 Å². The second-order valence-electron chi connectivity index (χ2n) is 4.64. The van der Waals surface area contributed by atoms with Gasteiger partial charge in [0, 0.05) is 6.04 Å². The van der Waals surface area contributed by atoms with Crippen molar-refractivity contribution in [3.63, 3.8) is 0 Å². The normalized spacial score (nSPS) is 35.3. The molecule has 3 unspecified atom stereocenters. The van der Waals surface area contributed by atoms with Gasteiger partial charge in [0.1, 0.15) is 0 Å². The molecule has 0 aromatic carbocycles. The summed E-state index contributed by atoms with van der Waals surface area (Å²) in [6.07, 6.45) is 4.28. The van der Waals surface area contributed by atoms with Gasteiger partial charge in [0.15, 0.2) is 0 Å². The zero-order valence-electron chi connectivity index (χ0n) is 9.71. The van der Waals surface area contributed by atoms with Gasteiger partial charge >= 0.3 is 0 Å². The van der Waals surface area contributed by atoms with E-state index in [2.05, 4.69) is 32.6 Å². The van der Waals surface area contributed by atoms with Crippen LogP contribution in [-0.2, 0) is 0 Å². The number of nitrogens with zero attached hydrogens (tertiary/aromatic N) is 1.